The lowest BCUT2D eigenvalue weighted by Crippen LogP contribution is -2.29. The predicted molar refractivity (Wildman–Crippen MR) is 110 cm³/mol. The van der Waals surface area contributed by atoms with Crippen LogP contribution in [0, 0.1) is 0 Å². The molecule has 0 aliphatic rings. The first-order chi connectivity index (χ1) is 11.6. The van der Waals surface area contributed by atoms with Crippen molar-refractivity contribution in [2.45, 2.75) is 96.7 Å². The molecule has 0 atom stereocenters. The van der Waals surface area contributed by atoms with Gasteiger partial charge in [-0.3, -0.25) is 0 Å². The summed E-state index contributed by atoms with van der Waals surface area (Å²) in [5, 5.41) is 0. The van der Waals surface area contributed by atoms with E-state index in [1.807, 2.05) is 0 Å². The Hall–Kier alpha value is -0.603. The summed E-state index contributed by atoms with van der Waals surface area (Å²) in [5.41, 5.74) is 1.49. The molecule has 0 unspecified atom stereocenters. The van der Waals surface area contributed by atoms with E-state index in [0.717, 1.165) is 6.61 Å². The van der Waals surface area contributed by atoms with E-state index in [1.165, 1.54) is 82.2 Å². The minimum absolute atomic E-state index is 0.893. The topological polar surface area (TPSA) is 9.23 Å². The second kappa shape index (κ2) is 13.7. The average Bonchev–Trinajstić information content (AvgIpc) is 2.56. The molecule has 0 aliphatic heterocycles. The molecule has 0 bridgehead atoms. The van der Waals surface area contributed by atoms with Crippen molar-refractivity contribution in [1.29, 1.82) is 0 Å². The zero-order valence-corrected chi connectivity index (χ0v) is 17.5. The summed E-state index contributed by atoms with van der Waals surface area (Å²) in [4.78, 5) is 0. The summed E-state index contributed by atoms with van der Waals surface area (Å²) in [7, 11) is -1.32. The number of hydrogen-bond donors (Lipinski definition) is 0. The van der Waals surface area contributed by atoms with Gasteiger partial charge in [0.25, 0.3) is 0 Å². The maximum absolute atomic E-state index is 5.89. The third kappa shape index (κ3) is 11.9. The standard InChI is InChI=1S/C22H40OSi/c1-4-23-24(2,3)21-17-12-10-8-6-5-7-9-11-14-18-22-19-15-13-16-20-22/h13,15-16,19-20H,4-12,14,17-18,21H2,1-3H3. The number of benzene rings is 1. The lowest BCUT2D eigenvalue weighted by molar-refractivity contribution is 0.327. The number of hydrogen-bond acceptors (Lipinski definition) is 1. The molecule has 0 amide bonds. The zero-order valence-electron chi connectivity index (χ0n) is 16.5. The van der Waals surface area contributed by atoms with Crippen LogP contribution in [0.25, 0.3) is 0 Å². The molecule has 24 heavy (non-hydrogen) atoms. The predicted octanol–water partition coefficient (Wildman–Crippen LogP) is 7.37. The average molecular weight is 349 g/mol. The maximum Gasteiger partial charge on any atom is 0.186 e. The van der Waals surface area contributed by atoms with Crippen molar-refractivity contribution in [2.24, 2.45) is 0 Å². The molecule has 0 aromatic heterocycles. The highest BCUT2D eigenvalue weighted by molar-refractivity contribution is 6.71. The first-order valence-corrected chi connectivity index (χ1v) is 13.4. The highest BCUT2D eigenvalue weighted by Gasteiger charge is 2.20. The summed E-state index contributed by atoms with van der Waals surface area (Å²) in [6.07, 6.45) is 15.3. The van der Waals surface area contributed by atoms with E-state index >= 15 is 0 Å². The van der Waals surface area contributed by atoms with E-state index in [0.29, 0.717) is 0 Å². The van der Waals surface area contributed by atoms with E-state index < -0.39 is 8.32 Å². The van der Waals surface area contributed by atoms with Crippen molar-refractivity contribution in [1.82, 2.24) is 0 Å². The quantitative estimate of drug-likeness (QED) is 0.237. The largest absolute Gasteiger partial charge is 0.418 e. The first kappa shape index (κ1) is 21.4. The van der Waals surface area contributed by atoms with Crippen LogP contribution >= 0.6 is 0 Å². The van der Waals surface area contributed by atoms with Crippen LogP contribution in [-0.4, -0.2) is 14.9 Å². The van der Waals surface area contributed by atoms with Crippen molar-refractivity contribution in [2.75, 3.05) is 6.61 Å². The van der Waals surface area contributed by atoms with Gasteiger partial charge in [-0.2, -0.15) is 0 Å². The maximum atomic E-state index is 5.89. The van der Waals surface area contributed by atoms with Gasteiger partial charge < -0.3 is 4.43 Å². The Morgan fingerprint density at radius 1 is 0.708 bits per heavy atom. The minimum Gasteiger partial charge on any atom is -0.418 e. The van der Waals surface area contributed by atoms with Crippen LogP contribution in [0.2, 0.25) is 19.1 Å². The van der Waals surface area contributed by atoms with Gasteiger partial charge in [-0.05, 0) is 44.5 Å². The van der Waals surface area contributed by atoms with Gasteiger partial charge in [-0.25, -0.2) is 0 Å². The molecule has 1 aromatic carbocycles. The van der Waals surface area contributed by atoms with Crippen molar-refractivity contribution in [3.8, 4) is 0 Å². The Kier molecular flexibility index (Phi) is 12.2. The lowest BCUT2D eigenvalue weighted by atomic mass is 10.0. The molecule has 0 heterocycles. The van der Waals surface area contributed by atoms with Crippen LogP contribution in [0.5, 0.6) is 0 Å². The summed E-state index contributed by atoms with van der Waals surface area (Å²) in [6, 6.07) is 12.2. The molecule has 1 nitrogen and oxygen atoms in total. The van der Waals surface area contributed by atoms with Gasteiger partial charge in [0.05, 0.1) is 0 Å². The van der Waals surface area contributed by atoms with Crippen molar-refractivity contribution in [3.05, 3.63) is 35.9 Å². The van der Waals surface area contributed by atoms with Gasteiger partial charge in [-0.15, -0.1) is 0 Å². The Labute approximate surface area is 152 Å². The molecular weight excluding hydrogens is 308 g/mol. The number of rotatable bonds is 15. The van der Waals surface area contributed by atoms with Crippen LogP contribution < -0.4 is 0 Å². The van der Waals surface area contributed by atoms with Crippen LogP contribution in [0.3, 0.4) is 0 Å². The van der Waals surface area contributed by atoms with E-state index in [4.69, 9.17) is 4.43 Å². The zero-order chi connectivity index (χ0) is 17.5. The van der Waals surface area contributed by atoms with Gasteiger partial charge in [0.15, 0.2) is 8.32 Å². The highest BCUT2D eigenvalue weighted by Crippen LogP contribution is 2.18. The van der Waals surface area contributed by atoms with Gasteiger partial charge in [0.2, 0.25) is 0 Å². The fourth-order valence-corrected chi connectivity index (χ4v) is 5.43. The molecule has 0 fully saturated rings. The Morgan fingerprint density at radius 3 is 1.75 bits per heavy atom. The van der Waals surface area contributed by atoms with Crippen LogP contribution in [0.4, 0.5) is 0 Å². The molecule has 1 aromatic rings. The van der Waals surface area contributed by atoms with Gasteiger partial charge in [0, 0.05) is 6.61 Å². The highest BCUT2D eigenvalue weighted by atomic mass is 28.4. The van der Waals surface area contributed by atoms with Gasteiger partial charge in [-0.1, -0.05) is 88.1 Å². The lowest BCUT2D eigenvalue weighted by Gasteiger charge is -2.21. The summed E-state index contributed by atoms with van der Waals surface area (Å²) >= 11 is 0. The summed E-state index contributed by atoms with van der Waals surface area (Å²) in [6.45, 7) is 7.73. The third-order valence-electron chi connectivity index (χ3n) is 4.87. The molecule has 1 rings (SSSR count). The van der Waals surface area contributed by atoms with E-state index in [1.54, 1.807) is 0 Å². The number of aryl methyl sites for hydroxylation is 1. The molecule has 138 valence electrons. The van der Waals surface area contributed by atoms with E-state index in [2.05, 4.69) is 50.3 Å². The molecule has 0 saturated heterocycles. The normalized spacial score (nSPS) is 11.8. The van der Waals surface area contributed by atoms with Crippen LogP contribution in [0.15, 0.2) is 30.3 Å². The van der Waals surface area contributed by atoms with E-state index in [9.17, 15) is 0 Å². The van der Waals surface area contributed by atoms with Gasteiger partial charge in [0.1, 0.15) is 0 Å². The molecule has 0 N–H and O–H groups in total. The van der Waals surface area contributed by atoms with E-state index in [-0.39, 0.29) is 0 Å². The first-order valence-electron chi connectivity index (χ1n) is 10.3. The molecule has 0 saturated carbocycles. The Morgan fingerprint density at radius 2 is 1.21 bits per heavy atom. The number of unbranched alkanes of at least 4 members (excludes halogenated alkanes) is 9. The Bertz CT molecular complexity index is 388. The molecule has 0 radical (unpaired) electrons. The molecule has 2 heteroatoms. The third-order valence-corrected chi connectivity index (χ3v) is 7.50. The smallest absolute Gasteiger partial charge is 0.186 e. The monoisotopic (exact) mass is 348 g/mol. The fraction of sp³-hybridized carbons (Fsp3) is 0.727. The fourth-order valence-electron chi connectivity index (χ4n) is 3.40. The van der Waals surface area contributed by atoms with Crippen molar-refractivity contribution in [3.63, 3.8) is 0 Å². The second-order valence-electron chi connectivity index (χ2n) is 7.71. The Balaban J connectivity index is 1.81. The molecule has 0 aliphatic carbocycles. The second-order valence-corrected chi connectivity index (χ2v) is 12.0. The van der Waals surface area contributed by atoms with Gasteiger partial charge >= 0.3 is 0 Å². The summed E-state index contributed by atoms with van der Waals surface area (Å²) < 4.78 is 5.89. The summed E-state index contributed by atoms with van der Waals surface area (Å²) in [5.74, 6) is 0. The van der Waals surface area contributed by atoms with Crippen LogP contribution in [0.1, 0.15) is 76.7 Å². The van der Waals surface area contributed by atoms with Crippen molar-refractivity contribution < 1.29 is 4.43 Å². The van der Waals surface area contributed by atoms with Crippen LogP contribution in [-0.2, 0) is 10.8 Å². The minimum atomic E-state index is -1.32. The molecule has 0 spiro atoms. The molecular formula is C22H40OSi. The van der Waals surface area contributed by atoms with Crippen molar-refractivity contribution >= 4 is 8.32 Å². The SMILES string of the molecule is CCO[Si](C)(C)CCCCCCCCCCCCc1ccccc1.